The normalized spacial score (nSPS) is 13.9. The van der Waals surface area contributed by atoms with Crippen LogP contribution in [0.1, 0.15) is 147 Å². The van der Waals surface area contributed by atoms with Gasteiger partial charge < -0.3 is 17.7 Å². The van der Waals surface area contributed by atoms with Crippen LogP contribution in [0.2, 0.25) is 0 Å². The fourth-order valence-electron chi connectivity index (χ4n) is 7.30. The standard InChI is InChI=1S/C14H14FN3O2S.C13H12FN3O2S.C12H10FN3O2S.C10H6F3N3O2S/c15-21-11-7-3-6-10(8-11)12(19)16-14-18-17-13(20-14)9-4-1-2-5-9;14-20-10-6-2-5-9(7-10)11(18)15-13-17-16-12(19-13)8-3-1-4-8;13-19-9-3-1-2-8(6-9)10(17)14-12-16-15-11(18-12)7-4-5-7;11-7(12)9-15-16-10(18-9)14-8(17)5-2-1-3-6(4-5)19-13/h3,6-9H,1-2,4-5H2,(H,16,18,19);2,5-8H,1,3-4H2,(H,15,17,18);1-3,6-7H,4-5H2,(H,14,16,17);1-4,7H,(H,14,16,17). The van der Waals surface area contributed by atoms with E-state index >= 15 is 0 Å². The highest BCUT2D eigenvalue weighted by Crippen LogP contribution is 2.40. The van der Waals surface area contributed by atoms with Crippen molar-refractivity contribution in [2.75, 3.05) is 21.3 Å². The van der Waals surface area contributed by atoms with Gasteiger partial charge in [-0.15, -0.1) is 20.4 Å². The van der Waals surface area contributed by atoms with Gasteiger partial charge >= 0.3 is 30.5 Å². The number of halogens is 6. The second kappa shape index (κ2) is 28.3. The van der Waals surface area contributed by atoms with E-state index in [9.17, 15) is 43.5 Å². The molecule has 0 saturated heterocycles. The number of anilines is 4. The van der Waals surface area contributed by atoms with Gasteiger partial charge in [0.1, 0.15) is 0 Å². The zero-order chi connectivity index (χ0) is 55.7. The van der Waals surface area contributed by atoms with E-state index in [-0.39, 0.29) is 77.1 Å². The Morgan fingerprint density at radius 3 is 0.962 bits per heavy atom. The van der Waals surface area contributed by atoms with Crippen LogP contribution in [-0.2, 0) is 0 Å². The minimum absolute atomic E-state index is 0.0159. The van der Waals surface area contributed by atoms with E-state index in [1.807, 2.05) is 0 Å². The zero-order valence-electron chi connectivity index (χ0n) is 40.7. The second-order valence-electron chi connectivity index (χ2n) is 17.2. The van der Waals surface area contributed by atoms with Gasteiger partial charge in [-0.25, -0.2) is 0 Å². The molecular weight excluding hydrogens is 1130 g/mol. The molecule has 20 nitrogen and oxygen atoms in total. The summed E-state index contributed by atoms with van der Waals surface area (Å²) in [4.78, 5) is 49.0. The first kappa shape index (κ1) is 57.5. The Kier molecular flexibility index (Phi) is 20.6. The van der Waals surface area contributed by atoms with Crippen LogP contribution in [0.5, 0.6) is 0 Å². The smallest absolute Gasteiger partial charge is 0.322 e. The van der Waals surface area contributed by atoms with Crippen molar-refractivity contribution in [3.63, 3.8) is 0 Å². The van der Waals surface area contributed by atoms with Gasteiger partial charge in [-0.2, -0.15) is 24.3 Å². The summed E-state index contributed by atoms with van der Waals surface area (Å²) >= 11 is 0.266. The first-order chi connectivity index (χ1) is 38.4. The molecule has 0 spiro atoms. The van der Waals surface area contributed by atoms with E-state index in [0.717, 1.165) is 38.5 Å². The number of carbonyl (C=O) groups excluding carboxylic acids is 4. The number of amides is 4. The lowest BCUT2D eigenvalue weighted by molar-refractivity contribution is 0.101. The van der Waals surface area contributed by atoms with Crippen LogP contribution in [0.25, 0.3) is 0 Å². The lowest BCUT2D eigenvalue weighted by Gasteiger charge is -2.20. The molecule has 4 N–H and O–H groups in total. The number of hydrogen-bond donors (Lipinski definition) is 4. The van der Waals surface area contributed by atoms with Crippen LogP contribution in [0.3, 0.4) is 0 Å². The molecule has 8 aromatic rings. The molecule has 0 radical (unpaired) electrons. The molecule has 30 heteroatoms. The van der Waals surface area contributed by atoms with Crippen molar-refractivity contribution in [1.29, 1.82) is 0 Å². The first-order valence-corrected chi connectivity index (χ1v) is 26.7. The summed E-state index contributed by atoms with van der Waals surface area (Å²) in [6.07, 6.45) is 6.88. The zero-order valence-corrected chi connectivity index (χ0v) is 43.9. The van der Waals surface area contributed by atoms with Gasteiger partial charge in [0, 0.05) is 59.6 Å². The molecule has 0 aliphatic heterocycles. The van der Waals surface area contributed by atoms with E-state index in [1.165, 1.54) is 61.7 Å². The minimum atomic E-state index is -2.91. The SMILES string of the molecule is O=C(Nc1nnc(C(F)F)o1)c1cccc(SF)c1.O=C(Nc1nnc(C2CC2)o1)c1cccc(SF)c1.O=C(Nc1nnc(C2CCC2)o1)c1cccc(SF)c1.O=C(Nc1nnc(C2CCCC2)o1)c1cccc(SF)c1. The highest BCUT2D eigenvalue weighted by Gasteiger charge is 2.30. The van der Waals surface area contributed by atoms with E-state index in [4.69, 9.17) is 13.3 Å². The Morgan fingerprint density at radius 2 is 0.696 bits per heavy atom. The number of carbonyl (C=O) groups is 4. The summed E-state index contributed by atoms with van der Waals surface area (Å²) in [5.41, 5.74) is 1.17. The Hall–Kier alpha value is -7.70. The molecule has 4 amide bonds. The highest BCUT2D eigenvalue weighted by molar-refractivity contribution is 7.95. The van der Waals surface area contributed by atoms with Gasteiger partial charge in [0.2, 0.25) is 17.7 Å². The van der Waals surface area contributed by atoms with Crippen molar-refractivity contribution in [2.45, 2.75) is 102 Å². The third-order valence-corrected chi connectivity index (χ3v) is 13.4. The van der Waals surface area contributed by atoms with E-state index in [2.05, 4.69) is 66.5 Å². The maximum Gasteiger partial charge on any atom is 0.322 e. The second-order valence-corrected chi connectivity index (χ2v) is 19.7. The average molecular weight is 1170 g/mol. The van der Waals surface area contributed by atoms with Gasteiger partial charge in [0.25, 0.3) is 29.5 Å². The van der Waals surface area contributed by atoms with Crippen LogP contribution in [0.15, 0.2) is 134 Å². The number of alkyl halides is 2. The maximum atomic E-state index is 12.5. The molecule has 4 aromatic heterocycles. The van der Waals surface area contributed by atoms with E-state index in [1.54, 1.807) is 54.6 Å². The van der Waals surface area contributed by atoms with Gasteiger partial charge in [-0.05, 0) is 111 Å². The first-order valence-electron chi connectivity index (χ1n) is 23.8. The minimum Gasteiger partial charge on any atom is -0.408 e. The molecule has 0 atom stereocenters. The molecule has 3 aliphatic carbocycles. The van der Waals surface area contributed by atoms with Gasteiger partial charge in [-0.1, -0.05) is 63.9 Å². The molecule has 3 fully saturated rings. The fourth-order valence-corrected chi connectivity index (χ4v) is 8.51. The molecule has 11 rings (SSSR count). The number of nitrogens with zero attached hydrogens (tertiary/aromatic N) is 8. The predicted molar refractivity (Wildman–Crippen MR) is 277 cm³/mol. The number of aromatic nitrogens is 8. The lowest BCUT2D eigenvalue weighted by Crippen LogP contribution is -2.12. The third-order valence-electron chi connectivity index (χ3n) is 11.7. The molecule has 4 heterocycles. The molecule has 3 aliphatic rings. The molecule has 3 saturated carbocycles. The van der Waals surface area contributed by atoms with Crippen molar-refractivity contribution in [3.8, 4) is 0 Å². The third kappa shape index (κ3) is 16.7. The summed E-state index contributed by atoms with van der Waals surface area (Å²) in [6.45, 7) is 0. The number of nitrogens with one attached hydrogen (secondary N) is 4. The highest BCUT2D eigenvalue weighted by atomic mass is 32.2. The van der Waals surface area contributed by atoms with Crippen molar-refractivity contribution in [1.82, 2.24) is 40.8 Å². The summed E-state index contributed by atoms with van der Waals surface area (Å²) in [5.74, 6) is -0.0834. The molecule has 4 aromatic carbocycles. The van der Waals surface area contributed by atoms with E-state index in [0.29, 0.717) is 66.8 Å². The van der Waals surface area contributed by atoms with Gasteiger partial charge in [-0.3, -0.25) is 40.4 Å². The summed E-state index contributed by atoms with van der Waals surface area (Å²) < 4.78 is 94.9. The number of hydrogen-bond acceptors (Lipinski definition) is 20. The summed E-state index contributed by atoms with van der Waals surface area (Å²) in [6, 6.07) is 24.2. The largest absolute Gasteiger partial charge is 0.408 e. The van der Waals surface area contributed by atoms with Crippen LogP contribution in [-0.4, -0.2) is 64.4 Å². The van der Waals surface area contributed by atoms with Crippen LogP contribution < -0.4 is 21.3 Å². The Labute approximate surface area is 461 Å². The fraction of sp³-hybridized carbons (Fsp3) is 0.265. The number of rotatable bonds is 16. The summed E-state index contributed by atoms with van der Waals surface area (Å²) in [7, 11) is 0. The molecule has 0 unspecified atom stereocenters. The summed E-state index contributed by atoms with van der Waals surface area (Å²) in [5, 5.41) is 39.2. The topological polar surface area (TPSA) is 272 Å². The van der Waals surface area contributed by atoms with Crippen molar-refractivity contribution < 1.29 is 61.2 Å². The Balaban J connectivity index is 0.000000139. The van der Waals surface area contributed by atoms with Crippen LogP contribution in [0.4, 0.5) is 48.4 Å². The lowest BCUT2D eigenvalue weighted by atomic mass is 9.85. The average Bonchev–Trinajstić information content (AvgIpc) is 4.13. The number of benzene rings is 4. The monoisotopic (exact) mass is 1170 g/mol. The molecular formula is C49H42F6N12O8S4. The van der Waals surface area contributed by atoms with Crippen molar-refractivity contribution in [3.05, 3.63) is 143 Å². The van der Waals surface area contributed by atoms with Crippen molar-refractivity contribution >= 4 is 96.3 Å². The molecule has 79 heavy (non-hydrogen) atoms. The van der Waals surface area contributed by atoms with Gasteiger partial charge in [0.15, 0.2) is 0 Å². The predicted octanol–water partition coefficient (Wildman–Crippen LogP) is 13.9. The van der Waals surface area contributed by atoms with E-state index < -0.39 is 42.0 Å². The van der Waals surface area contributed by atoms with Crippen LogP contribution >= 0.6 is 48.6 Å². The Morgan fingerprint density at radius 1 is 0.405 bits per heavy atom. The van der Waals surface area contributed by atoms with Gasteiger partial charge in [0.05, 0.1) is 48.6 Å². The molecule has 0 bridgehead atoms. The maximum absolute atomic E-state index is 12.5. The molecule has 412 valence electrons. The van der Waals surface area contributed by atoms with Crippen molar-refractivity contribution in [2.24, 2.45) is 0 Å². The Bertz CT molecular complexity index is 3240. The van der Waals surface area contributed by atoms with Crippen LogP contribution in [0, 0.1) is 0 Å². The quantitative estimate of drug-likeness (QED) is 0.0655.